The van der Waals surface area contributed by atoms with Crippen LogP contribution in [0.25, 0.3) is 0 Å². The number of carbonyl (C=O) groups excluding carboxylic acids is 2. The minimum Gasteiger partial charge on any atom is -0.493 e. The van der Waals surface area contributed by atoms with Gasteiger partial charge in [-0.1, -0.05) is 0 Å². The van der Waals surface area contributed by atoms with E-state index in [1.165, 1.54) is 0 Å². The third-order valence-corrected chi connectivity index (χ3v) is 6.26. The lowest BCUT2D eigenvalue weighted by molar-refractivity contribution is -0.0353. The molecule has 0 saturated carbocycles. The number of amides is 2. The van der Waals surface area contributed by atoms with Gasteiger partial charge in [-0.2, -0.15) is 0 Å². The highest BCUT2D eigenvalue weighted by atomic mass is 16.6. The summed E-state index contributed by atoms with van der Waals surface area (Å²) in [4.78, 5) is 28.4. The van der Waals surface area contributed by atoms with E-state index in [0.717, 1.165) is 51.1 Å². The van der Waals surface area contributed by atoms with Gasteiger partial charge in [-0.3, -0.25) is 9.69 Å². The molecule has 0 aliphatic carbocycles. The van der Waals surface area contributed by atoms with Gasteiger partial charge < -0.3 is 30.6 Å². The number of piperidine rings is 1. The molecule has 1 unspecified atom stereocenters. The van der Waals surface area contributed by atoms with Gasteiger partial charge in [0.1, 0.15) is 11.4 Å². The van der Waals surface area contributed by atoms with Crippen LogP contribution >= 0.6 is 0 Å². The number of carbonyl (C=O) groups is 2. The number of hydrogen-bond donors (Lipinski definition) is 2. The average Bonchev–Trinajstić information content (AvgIpc) is 2.75. The standard InChI is InChI=1S/C25H40N4O5/c1-5-32-22-14-21(26)18(13-20(22)23(27)30)12-19-16-28(10-11-33-19)15-17-6-8-29(9-7-17)24(31)34-25(2,3)4/h13-14,17,19H,5-12,15-16,26H2,1-4H3,(H2,27,30). The maximum Gasteiger partial charge on any atom is 0.410 e. The molecule has 2 aliphatic rings. The predicted octanol–water partition coefficient (Wildman–Crippen LogP) is 2.66. The SMILES string of the molecule is CCOc1cc(N)c(CC2CN(CC3CCN(C(=O)OC(C)(C)C)CC3)CCO2)cc1C(N)=O. The highest BCUT2D eigenvalue weighted by molar-refractivity contribution is 5.96. The highest BCUT2D eigenvalue weighted by Gasteiger charge is 2.29. The van der Waals surface area contributed by atoms with Crippen LogP contribution in [0.15, 0.2) is 12.1 Å². The van der Waals surface area contributed by atoms with Crippen LogP contribution in [0.3, 0.4) is 0 Å². The normalized spacial score (nSPS) is 20.2. The van der Waals surface area contributed by atoms with Crippen molar-refractivity contribution in [2.24, 2.45) is 11.7 Å². The van der Waals surface area contributed by atoms with E-state index in [2.05, 4.69) is 4.90 Å². The third-order valence-electron chi connectivity index (χ3n) is 6.26. The summed E-state index contributed by atoms with van der Waals surface area (Å²) in [5.74, 6) is 0.420. The summed E-state index contributed by atoms with van der Waals surface area (Å²) in [5.41, 5.74) is 13.1. The molecule has 34 heavy (non-hydrogen) atoms. The number of hydrogen-bond acceptors (Lipinski definition) is 7. The molecule has 1 aromatic rings. The van der Waals surface area contributed by atoms with Crippen LogP contribution in [-0.2, 0) is 15.9 Å². The maximum atomic E-state index is 12.3. The first-order chi connectivity index (χ1) is 16.1. The first-order valence-electron chi connectivity index (χ1n) is 12.2. The Bertz CT molecular complexity index is 862. The molecular formula is C25H40N4O5. The summed E-state index contributed by atoms with van der Waals surface area (Å²) < 4.78 is 17.0. The van der Waals surface area contributed by atoms with Gasteiger partial charge in [0.05, 0.1) is 24.9 Å². The van der Waals surface area contributed by atoms with Gasteiger partial charge in [0.2, 0.25) is 0 Å². The number of nitrogens with two attached hydrogens (primary N) is 2. The Balaban J connectivity index is 1.53. The molecule has 0 bridgehead atoms. The molecule has 9 heteroatoms. The number of primary amides is 1. The summed E-state index contributed by atoms with van der Waals surface area (Å²) >= 11 is 0. The molecule has 2 aliphatic heterocycles. The van der Waals surface area contributed by atoms with E-state index in [9.17, 15) is 9.59 Å². The highest BCUT2D eigenvalue weighted by Crippen LogP contribution is 2.28. The third kappa shape index (κ3) is 7.24. The minimum atomic E-state index is -0.534. The van der Waals surface area contributed by atoms with Crippen LogP contribution in [0.2, 0.25) is 0 Å². The molecule has 9 nitrogen and oxygen atoms in total. The van der Waals surface area contributed by atoms with Crippen LogP contribution in [0.4, 0.5) is 10.5 Å². The predicted molar refractivity (Wildman–Crippen MR) is 131 cm³/mol. The van der Waals surface area contributed by atoms with Gasteiger partial charge >= 0.3 is 6.09 Å². The molecule has 2 amide bonds. The zero-order valence-electron chi connectivity index (χ0n) is 21.0. The zero-order chi connectivity index (χ0) is 24.9. The average molecular weight is 477 g/mol. The minimum absolute atomic E-state index is 0.0171. The Morgan fingerprint density at radius 2 is 1.88 bits per heavy atom. The molecular weight excluding hydrogens is 436 g/mol. The van der Waals surface area contributed by atoms with Gasteiger partial charge in [-0.05, 0) is 58.1 Å². The van der Waals surface area contributed by atoms with Crippen molar-refractivity contribution in [1.29, 1.82) is 0 Å². The Morgan fingerprint density at radius 3 is 2.50 bits per heavy atom. The lowest BCUT2D eigenvalue weighted by Gasteiger charge is -2.38. The second kappa shape index (κ2) is 11.3. The van der Waals surface area contributed by atoms with Crippen molar-refractivity contribution in [2.75, 3.05) is 51.7 Å². The van der Waals surface area contributed by atoms with Crippen LogP contribution in [0, 0.1) is 5.92 Å². The second-order valence-corrected chi connectivity index (χ2v) is 10.2. The molecule has 2 saturated heterocycles. The van der Waals surface area contributed by atoms with Crippen LogP contribution < -0.4 is 16.2 Å². The molecule has 1 atom stereocenters. The van der Waals surface area contributed by atoms with Crippen molar-refractivity contribution in [3.05, 3.63) is 23.3 Å². The molecule has 2 fully saturated rings. The number of benzene rings is 1. The van der Waals surface area contributed by atoms with Crippen molar-refractivity contribution in [3.8, 4) is 5.75 Å². The molecule has 3 rings (SSSR count). The van der Waals surface area contributed by atoms with E-state index in [-0.39, 0.29) is 12.2 Å². The fraction of sp³-hybridized carbons (Fsp3) is 0.680. The molecule has 2 heterocycles. The Kier molecular flexibility index (Phi) is 8.65. The van der Waals surface area contributed by atoms with E-state index in [1.807, 2.05) is 32.6 Å². The number of rotatable bonds is 7. The van der Waals surface area contributed by atoms with E-state index in [4.69, 9.17) is 25.7 Å². The van der Waals surface area contributed by atoms with Gasteiger partial charge in [-0.25, -0.2) is 4.79 Å². The molecule has 0 radical (unpaired) electrons. The van der Waals surface area contributed by atoms with Crippen molar-refractivity contribution in [3.63, 3.8) is 0 Å². The van der Waals surface area contributed by atoms with Crippen LogP contribution in [-0.4, -0.2) is 79.4 Å². The summed E-state index contributed by atoms with van der Waals surface area (Å²) in [6, 6.07) is 3.41. The topological polar surface area (TPSA) is 120 Å². The zero-order valence-corrected chi connectivity index (χ0v) is 21.0. The van der Waals surface area contributed by atoms with Crippen LogP contribution in [0.1, 0.15) is 56.5 Å². The van der Waals surface area contributed by atoms with E-state index in [0.29, 0.717) is 42.6 Å². The lowest BCUT2D eigenvalue weighted by atomic mass is 9.95. The maximum absolute atomic E-state index is 12.3. The number of ether oxygens (including phenoxy) is 3. The van der Waals surface area contributed by atoms with Crippen molar-refractivity contribution < 1.29 is 23.8 Å². The van der Waals surface area contributed by atoms with Crippen molar-refractivity contribution in [2.45, 2.75) is 58.7 Å². The number of nitrogen functional groups attached to an aromatic ring is 1. The molecule has 4 N–H and O–H groups in total. The largest absolute Gasteiger partial charge is 0.493 e. The Labute approximate surface area is 202 Å². The first kappa shape index (κ1) is 26.1. The summed E-state index contributed by atoms with van der Waals surface area (Å²) in [6.45, 7) is 12.7. The van der Waals surface area contributed by atoms with Crippen molar-refractivity contribution >= 4 is 17.7 Å². The quantitative estimate of drug-likeness (QED) is 0.581. The second-order valence-electron chi connectivity index (χ2n) is 10.2. The van der Waals surface area contributed by atoms with E-state index in [1.54, 1.807) is 12.1 Å². The summed E-state index contributed by atoms with van der Waals surface area (Å²) in [6.07, 6.45) is 2.30. The Morgan fingerprint density at radius 1 is 1.18 bits per heavy atom. The number of nitrogens with zero attached hydrogens (tertiary/aromatic N) is 2. The van der Waals surface area contributed by atoms with E-state index < -0.39 is 11.5 Å². The molecule has 190 valence electrons. The molecule has 1 aromatic carbocycles. The van der Waals surface area contributed by atoms with E-state index >= 15 is 0 Å². The fourth-order valence-electron chi connectivity index (χ4n) is 4.59. The molecule has 0 aromatic heterocycles. The monoisotopic (exact) mass is 476 g/mol. The first-order valence-corrected chi connectivity index (χ1v) is 12.2. The van der Waals surface area contributed by atoms with Gasteiger partial charge in [0.15, 0.2) is 0 Å². The van der Waals surface area contributed by atoms with Crippen molar-refractivity contribution in [1.82, 2.24) is 9.80 Å². The summed E-state index contributed by atoms with van der Waals surface area (Å²) in [5, 5.41) is 0. The number of morpholine rings is 1. The molecule has 0 spiro atoms. The van der Waals surface area contributed by atoms with Gasteiger partial charge in [-0.15, -0.1) is 0 Å². The smallest absolute Gasteiger partial charge is 0.410 e. The lowest BCUT2D eigenvalue weighted by Crippen LogP contribution is -2.48. The van der Waals surface area contributed by atoms with Gasteiger partial charge in [0, 0.05) is 50.9 Å². The van der Waals surface area contributed by atoms with Crippen LogP contribution in [0.5, 0.6) is 5.75 Å². The Hall–Kier alpha value is -2.52. The van der Waals surface area contributed by atoms with Gasteiger partial charge in [0.25, 0.3) is 5.91 Å². The number of likely N-dealkylation sites (tertiary alicyclic amines) is 1. The summed E-state index contributed by atoms with van der Waals surface area (Å²) in [7, 11) is 0. The number of anilines is 1. The fourth-order valence-corrected chi connectivity index (χ4v) is 4.59.